The number of aliphatic hydroxyl groups is 1. The third kappa shape index (κ3) is 2.67. The van der Waals surface area contributed by atoms with E-state index in [1.54, 1.807) is 20.0 Å². The summed E-state index contributed by atoms with van der Waals surface area (Å²) >= 11 is 0. The summed E-state index contributed by atoms with van der Waals surface area (Å²) in [5.41, 5.74) is 2.76. The van der Waals surface area contributed by atoms with Crippen molar-refractivity contribution in [2.24, 2.45) is 0 Å². The van der Waals surface area contributed by atoms with Gasteiger partial charge in [0.2, 0.25) is 0 Å². The monoisotopic (exact) mass is 329 g/mol. The van der Waals surface area contributed by atoms with Crippen molar-refractivity contribution in [3.8, 4) is 11.3 Å². The van der Waals surface area contributed by atoms with Crippen molar-refractivity contribution in [3.05, 3.63) is 34.9 Å². The number of rotatable bonds is 4. The number of aromatic nitrogens is 2. The minimum absolute atomic E-state index is 0.105. The summed E-state index contributed by atoms with van der Waals surface area (Å²) in [6.45, 7) is 5.61. The predicted molar refractivity (Wildman–Crippen MR) is 87.8 cm³/mol. The van der Waals surface area contributed by atoms with Gasteiger partial charge in [0.05, 0.1) is 28.9 Å². The zero-order valence-corrected chi connectivity index (χ0v) is 14.1. The molecule has 0 saturated heterocycles. The quantitative estimate of drug-likeness (QED) is 0.790. The van der Waals surface area contributed by atoms with E-state index < -0.39 is 0 Å². The summed E-state index contributed by atoms with van der Waals surface area (Å²) in [5.74, 6) is 1.27. The maximum Gasteiger partial charge on any atom is 0.259 e. The Labute approximate surface area is 138 Å². The fraction of sp³-hybridized carbons (Fsp3) is 0.353. The first-order valence-electron chi connectivity index (χ1n) is 7.63. The van der Waals surface area contributed by atoms with Crippen LogP contribution in [0.1, 0.15) is 27.6 Å². The van der Waals surface area contributed by atoms with Gasteiger partial charge in [-0.25, -0.2) is 4.98 Å². The van der Waals surface area contributed by atoms with Crippen LogP contribution in [0.15, 0.2) is 21.1 Å². The van der Waals surface area contributed by atoms with Crippen LogP contribution in [0.4, 0.5) is 0 Å². The number of hydrogen-bond donors (Lipinski definition) is 1. The molecule has 3 aromatic rings. The smallest absolute Gasteiger partial charge is 0.259 e. The second-order valence-corrected chi connectivity index (χ2v) is 5.78. The first-order valence-corrected chi connectivity index (χ1v) is 7.63. The Morgan fingerprint density at radius 2 is 2.04 bits per heavy atom. The van der Waals surface area contributed by atoms with Crippen LogP contribution in [0.25, 0.3) is 22.4 Å². The minimum atomic E-state index is -0.220. The molecule has 24 heavy (non-hydrogen) atoms. The molecule has 1 N–H and O–H groups in total. The SMILES string of the molecule is Cc1cc(-c2cc(C(=O)N(C)CCO)c3c(C)noc3n2)c(C)o1. The molecule has 0 saturated carbocycles. The Morgan fingerprint density at radius 1 is 1.29 bits per heavy atom. The Hall–Kier alpha value is -2.67. The lowest BCUT2D eigenvalue weighted by atomic mass is 10.0. The number of aliphatic hydroxyl groups excluding tert-OH is 1. The van der Waals surface area contributed by atoms with Gasteiger partial charge in [0.1, 0.15) is 11.5 Å². The van der Waals surface area contributed by atoms with E-state index in [4.69, 9.17) is 14.0 Å². The molecule has 3 heterocycles. The molecule has 7 nitrogen and oxygen atoms in total. The summed E-state index contributed by atoms with van der Waals surface area (Å²) in [5, 5.41) is 13.6. The van der Waals surface area contributed by atoms with Crippen LogP contribution in [0.5, 0.6) is 0 Å². The van der Waals surface area contributed by atoms with E-state index in [2.05, 4.69) is 10.1 Å². The molecule has 0 fully saturated rings. The zero-order valence-electron chi connectivity index (χ0n) is 14.1. The van der Waals surface area contributed by atoms with Crippen LogP contribution in [0, 0.1) is 20.8 Å². The van der Waals surface area contributed by atoms with Crippen LogP contribution in [0.3, 0.4) is 0 Å². The highest BCUT2D eigenvalue weighted by molar-refractivity contribution is 6.06. The molecule has 0 atom stereocenters. The van der Waals surface area contributed by atoms with E-state index in [1.807, 2.05) is 19.9 Å². The van der Waals surface area contributed by atoms with Crippen molar-refractivity contribution in [2.45, 2.75) is 20.8 Å². The van der Waals surface area contributed by atoms with Gasteiger partial charge in [0, 0.05) is 19.2 Å². The van der Waals surface area contributed by atoms with Gasteiger partial charge in [0.25, 0.3) is 11.6 Å². The minimum Gasteiger partial charge on any atom is -0.466 e. The topological polar surface area (TPSA) is 92.6 Å². The molecule has 7 heteroatoms. The highest BCUT2D eigenvalue weighted by Gasteiger charge is 2.22. The lowest BCUT2D eigenvalue weighted by Gasteiger charge is -2.16. The maximum atomic E-state index is 12.8. The number of furan rings is 1. The summed E-state index contributed by atoms with van der Waals surface area (Å²) < 4.78 is 10.8. The van der Waals surface area contributed by atoms with Gasteiger partial charge >= 0.3 is 0 Å². The Morgan fingerprint density at radius 3 is 2.67 bits per heavy atom. The van der Waals surface area contributed by atoms with Gasteiger partial charge in [-0.15, -0.1) is 0 Å². The van der Waals surface area contributed by atoms with E-state index in [9.17, 15) is 4.79 Å². The fourth-order valence-corrected chi connectivity index (χ4v) is 2.74. The van der Waals surface area contributed by atoms with Crippen molar-refractivity contribution in [2.75, 3.05) is 20.2 Å². The van der Waals surface area contributed by atoms with Gasteiger partial charge in [-0.05, 0) is 32.9 Å². The van der Waals surface area contributed by atoms with E-state index in [0.717, 1.165) is 17.1 Å². The van der Waals surface area contributed by atoms with E-state index in [0.29, 0.717) is 28.1 Å². The van der Waals surface area contributed by atoms with Crippen LogP contribution in [0.2, 0.25) is 0 Å². The number of hydrogen-bond acceptors (Lipinski definition) is 6. The maximum absolute atomic E-state index is 12.8. The summed E-state index contributed by atoms with van der Waals surface area (Å²) in [7, 11) is 1.64. The molecule has 3 rings (SSSR count). The number of nitrogens with zero attached hydrogens (tertiary/aromatic N) is 3. The third-order valence-corrected chi connectivity index (χ3v) is 3.95. The number of amides is 1. The Balaban J connectivity index is 2.21. The fourth-order valence-electron chi connectivity index (χ4n) is 2.74. The van der Waals surface area contributed by atoms with Crippen LogP contribution in [-0.4, -0.2) is 46.3 Å². The van der Waals surface area contributed by atoms with Gasteiger partial charge in [-0.3, -0.25) is 4.79 Å². The Bertz CT molecular complexity index is 910. The van der Waals surface area contributed by atoms with Crippen LogP contribution >= 0.6 is 0 Å². The molecule has 0 aliphatic rings. The molecule has 0 spiro atoms. The average Bonchev–Trinajstić information content (AvgIpc) is 3.08. The number of carbonyl (C=O) groups excluding carboxylic acids is 1. The van der Waals surface area contributed by atoms with Gasteiger partial charge in [-0.1, -0.05) is 5.16 Å². The number of aryl methyl sites for hydroxylation is 3. The van der Waals surface area contributed by atoms with E-state index in [1.165, 1.54) is 4.90 Å². The summed E-state index contributed by atoms with van der Waals surface area (Å²) in [4.78, 5) is 18.7. The normalized spacial score (nSPS) is 11.2. The molecule has 0 radical (unpaired) electrons. The largest absolute Gasteiger partial charge is 0.466 e. The van der Waals surface area contributed by atoms with Gasteiger partial charge < -0.3 is 18.9 Å². The van der Waals surface area contributed by atoms with E-state index in [-0.39, 0.29) is 19.1 Å². The lowest BCUT2D eigenvalue weighted by Crippen LogP contribution is -2.29. The standard InChI is InChI=1S/C17H19N3O4/c1-9-7-12(11(3)23-9)14-8-13(17(22)20(4)5-6-21)15-10(2)19-24-16(15)18-14/h7-8,21H,5-6H2,1-4H3. The molecule has 126 valence electrons. The summed E-state index contributed by atoms with van der Waals surface area (Å²) in [6.07, 6.45) is 0. The molecular formula is C17H19N3O4. The first-order chi connectivity index (χ1) is 11.4. The first kappa shape index (κ1) is 16.2. The third-order valence-electron chi connectivity index (χ3n) is 3.95. The average molecular weight is 329 g/mol. The molecule has 0 bridgehead atoms. The number of carbonyl (C=O) groups is 1. The second kappa shape index (κ2) is 6.09. The van der Waals surface area contributed by atoms with Crippen molar-refractivity contribution >= 4 is 17.0 Å². The number of likely N-dealkylation sites (N-methyl/N-ethyl adjacent to an activating group) is 1. The lowest BCUT2D eigenvalue weighted by molar-refractivity contribution is 0.0769. The van der Waals surface area contributed by atoms with E-state index >= 15 is 0 Å². The zero-order chi connectivity index (χ0) is 17.4. The second-order valence-electron chi connectivity index (χ2n) is 5.78. The number of fused-ring (bicyclic) bond motifs is 1. The number of pyridine rings is 1. The van der Waals surface area contributed by atoms with Crippen molar-refractivity contribution in [1.29, 1.82) is 0 Å². The Kier molecular flexibility index (Phi) is 4.11. The highest BCUT2D eigenvalue weighted by atomic mass is 16.5. The molecular weight excluding hydrogens is 310 g/mol. The van der Waals surface area contributed by atoms with Gasteiger partial charge in [0.15, 0.2) is 0 Å². The van der Waals surface area contributed by atoms with Crippen molar-refractivity contribution in [1.82, 2.24) is 15.0 Å². The van der Waals surface area contributed by atoms with Crippen LogP contribution < -0.4 is 0 Å². The van der Waals surface area contributed by atoms with Gasteiger partial charge in [-0.2, -0.15) is 0 Å². The molecule has 3 aromatic heterocycles. The summed E-state index contributed by atoms with van der Waals surface area (Å²) in [6, 6.07) is 3.60. The van der Waals surface area contributed by atoms with Crippen LogP contribution in [-0.2, 0) is 0 Å². The molecule has 1 amide bonds. The molecule has 0 aromatic carbocycles. The predicted octanol–water partition coefficient (Wildman–Crippen LogP) is 2.47. The molecule has 0 aliphatic heterocycles. The molecule has 0 aliphatic carbocycles. The molecule has 0 unspecified atom stereocenters. The van der Waals surface area contributed by atoms with Crippen molar-refractivity contribution in [3.63, 3.8) is 0 Å². The highest BCUT2D eigenvalue weighted by Crippen LogP contribution is 2.30. The van der Waals surface area contributed by atoms with Crippen molar-refractivity contribution < 1.29 is 18.8 Å².